The molecule has 1 atom stereocenters. The van der Waals surface area contributed by atoms with E-state index < -0.39 is 0 Å². The molecule has 10 rings (SSSR count). The van der Waals surface area contributed by atoms with Crippen LogP contribution in [0.4, 0.5) is 0 Å². The van der Waals surface area contributed by atoms with Gasteiger partial charge in [0.25, 0.3) is 0 Å². The highest BCUT2D eigenvalue weighted by atomic mass is 16.3. The Balaban J connectivity index is 1.12. The highest BCUT2D eigenvalue weighted by molar-refractivity contribution is 6.17. The summed E-state index contributed by atoms with van der Waals surface area (Å²) >= 11 is 0. The van der Waals surface area contributed by atoms with Crippen molar-refractivity contribution in [2.75, 3.05) is 0 Å². The summed E-state index contributed by atoms with van der Waals surface area (Å²) in [6.45, 7) is 0. The molecule has 0 radical (unpaired) electrons. The molecule has 7 aromatic carbocycles. The maximum absolute atomic E-state index is 6.52. The lowest BCUT2D eigenvalue weighted by molar-refractivity contribution is 0.669. The van der Waals surface area contributed by atoms with Crippen molar-refractivity contribution in [1.29, 1.82) is 0 Å². The summed E-state index contributed by atoms with van der Waals surface area (Å²) in [5, 5.41) is 6.98. The van der Waals surface area contributed by atoms with Crippen molar-refractivity contribution in [3.8, 4) is 33.9 Å². The van der Waals surface area contributed by atoms with E-state index in [-0.39, 0.29) is 5.92 Å². The molecule has 51 heavy (non-hydrogen) atoms. The molecule has 0 fully saturated rings. The van der Waals surface area contributed by atoms with Crippen LogP contribution in [0.3, 0.4) is 0 Å². The van der Waals surface area contributed by atoms with Crippen LogP contribution in [-0.4, -0.2) is 15.0 Å². The van der Waals surface area contributed by atoms with Gasteiger partial charge in [-0.2, -0.15) is 0 Å². The van der Waals surface area contributed by atoms with Crippen LogP contribution in [0.5, 0.6) is 0 Å². The first-order valence-corrected chi connectivity index (χ1v) is 17.4. The van der Waals surface area contributed by atoms with E-state index in [1.165, 1.54) is 32.7 Å². The zero-order valence-corrected chi connectivity index (χ0v) is 27.7. The van der Waals surface area contributed by atoms with Crippen LogP contribution < -0.4 is 0 Å². The van der Waals surface area contributed by atoms with Gasteiger partial charge in [0.1, 0.15) is 17.0 Å². The lowest BCUT2D eigenvalue weighted by Crippen LogP contribution is -2.08. The second kappa shape index (κ2) is 12.0. The van der Waals surface area contributed by atoms with E-state index in [1.807, 2.05) is 36.4 Å². The largest absolute Gasteiger partial charge is 0.456 e. The average molecular weight is 654 g/mol. The SMILES string of the molecule is C1=CC(c2nc(-c3ccccc3)nc(-c3cccc4oc5cccc(-c6ccc7ccccc7c6)c5c34)n2)CC=C1c1cccc2ccccc12. The second-order valence-corrected chi connectivity index (χ2v) is 13.1. The number of rotatable bonds is 5. The van der Waals surface area contributed by atoms with Crippen molar-refractivity contribution in [2.24, 2.45) is 0 Å². The summed E-state index contributed by atoms with van der Waals surface area (Å²) in [4.78, 5) is 15.5. The van der Waals surface area contributed by atoms with Crippen molar-refractivity contribution in [3.63, 3.8) is 0 Å². The summed E-state index contributed by atoms with van der Waals surface area (Å²) < 4.78 is 6.52. The number of aromatic nitrogens is 3. The van der Waals surface area contributed by atoms with Crippen LogP contribution in [0.15, 0.2) is 174 Å². The standard InChI is InChI=1S/C47H31N3O/c1-2-13-33(14-3-1)45-48-46(34-26-24-32(25-27-34)38-18-8-16-31-12-6-7-17-37(31)38)50-47(49-45)40-20-10-22-42-44(40)43-39(19-9-21-41(43)51-42)36-28-23-30-11-4-5-15-35(30)29-36/h1-26,28-29,34H,27H2. The molecule has 2 heterocycles. The molecule has 2 aromatic heterocycles. The smallest absolute Gasteiger partial charge is 0.164 e. The van der Waals surface area contributed by atoms with E-state index in [1.54, 1.807) is 0 Å². The molecule has 0 N–H and O–H groups in total. The maximum Gasteiger partial charge on any atom is 0.164 e. The Labute approximate surface area is 295 Å². The summed E-state index contributed by atoms with van der Waals surface area (Å²) in [7, 11) is 0. The average Bonchev–Trinajstić information content (AvgIpc) is 3.60. The molecule has 0 bridgehead atoms. The Hall–Kier alpha value is -6.65. The van der Waals surface area contributed by atoms with Gasteiger partial charge in [0.15, 0.2) is 11.6 Å². The molecule has 0 amide bonds. The molecule has 1 aliphatic carbocycles. The Morgan fingerprint density at radius 2 is 1.16 bits per heavy atom. The van der Waals surface area contributed by atoms with Gasteiger partial charge in [0.05, 0.1) is 0 Å². The molecule has 0 saturated carbocycles. The third-order valence-electron chi connectivity index (χ3n) is 10.0. The molecule has 0 aliphatic heterocycles. The van der Waals surface area contributed by atoms with Crippen molar-refractivity contribution in [2.45, 2.75) is 12.3 Å². The van der Waals surface area contributed by atoms with Crippen LogP contribution in [0.25, 0.3) is 83.0 Å². The van der Waals surface area contributed by atoms with Gasteiger partial charge in [-0.3, -0.25) is 0 Å². The minimum Gasteiger partial charge on any atom is -0.456 e. The van der Waals surface area contributed by atoms with Crippen molar-refractivity contribution >= 4 is 49.1 Å². The summed E-state index contributed by atoms with van der Waals surface area (Å²) in [5.74, 6) is 2.05. The summed E-state index contributed by atoms with van der Waals surface area (Å²) in [6, 6.07) is 52.8. The molecule has 240 valence electrons. The summed E-state index contributed by atoms with van der Waals surface area (Å²) in [5.41, 5.74) is 8.23. The van der Waals surface area contributed by atoms with Gasteiger partial charge < -0.3 is 4.42 Å². The topological polar surface area (TPSA) is 51.8 Å². The van der Waals surface area contributed by atoms with Crippen molar-refractivity contribution in [3.05, 3.63) is 181 Å². The number of hydrogen-bond acceptors (Lipinski definition) is 4. The first-order valence-electron chi connectivity index (χ1n) is 17.4. The van der Waals surface area contributed by atoms with E-state index in [2.05, 4.69) is 133 Å². The van der Waals surface area contributed by atoms with E-state index in [0.717, 1.165) is 56.4 Å². The Morgan fingerprint density at radius 1 is 0.490 bits per heavy atom. The van der Waals surface area contributed by atoms with Gasteiger partial charge in [-0.1, -0.05) is 152 Å². The highest BCUT2D eigenvalue weighted by Crippen LogP contribution is 2.42. The zero-order chi connectivity index (χ0) is 33.7. The van der Waals surface area contributed by atoms with Crippen LogP contribution in [-0.2, 0) is 0 Å². The first-order chi connectivity index (χ1) is 25.3. The van der Waals surface area contributed by atoms with Gasteiger partial charge in [0.2, 0.25) is 0 Å². The second-order valence-electron chi connectivity index (χ2n) is 13.1. The predicted octanol–water partition coefficient (Wildman–Crippen LogP) is 12.2. The van der Waals surface area contributed by atoms with Crippen molar-refractivity contribution in [1.82, 2.24) is 15.0 Å². The predicted molar refractivity (Wildman–Crippen MR) is 209 cm³/mol. The van der Waals surface area contributed by atoms with E-state index in [9.17, 15) is 0 Å². The Kier molecular flexibility index (Phi) is 6.91. The first kappa shape index (κ1) is 29.3. The number of allylic oxidation sites excluding steroid dienone is 4. The molecule has 1 aliphatic rings. The van der Waals surface area contributed by atoms with Crippen LogP contribution in [0.1, 0.15) is 23.7 Å². The Morgan fingerprint density at radius 3 is 1.98 bits per heavy atom. The molecule has 9 aromatic rings. The van der Waals surface area contributed by atoms with E-state index in [4.69, 9.17) is 19.4 Å². The molecule has 4 heteroatoms. The maximum atomic E-state index is 6.52. The number of nitrogens with zero attached hydrogens (tertiary/aromatic N) is 3. The van der Waals surface area contributed by atoms with Crippen LogP contribution >= 0.6 is 0 Å². The van der Waals surface area contributed by atoms with Gasteiger partial charge >= 0.3 is 0 Å². The lowest BCUT2D eigenvalue weighted by atomic mass is 9.90. The van der Waals surface area contributed by atoms with Gasteiger partial charge in [-0.15, -0.1) is 0 Å². The minimum atomic E-state index is 0.00129. The van der Waals surface area contributed by atoms with Crippen molar-refractivity contribution < 1.29 is 4.42 Å². The molecular weight excluding hydrogens is 623 g/mol. The van der Waals surface area contributed by atoms with Gasteiger partial charge in [-0.25, -0.2) is 15.0 Å². The third-order valence-corrected chi connectivity index (χ3v) is 10.0. The monoisotopic (exact) mass is 653 g/mol. The molecule has 0 spiro atoms. The van der Waals surface area contributed by atoms with E-state index >= 15 is 0 Å². The molecule has 1 unspecified atom stereocenters. The molecular formula is C47H31N3O. The molecule has 4 nitrogen and oxygen atoms in total. The quantitative estimate of drug-likeness (QED) is 0.185. The van der Waals surface area contributed by atoms with Crippen LogP contribution in [0, 0.1) is 0 Å². The minimum absolute atomic E-state index is 0.00129. The van der Waals surface area contributed by atoms with Crippen LogP contribution in [0.2, 0.25) is 0 Å². The molecule has 0 saturated heterocycles. The number of fused-ring (bicyclic) bond motifs is 5. The van der Waals surface area contributed by atoms with Gasteiger partial charge in [0, 0.05) is 27.8 Å². The number of benzene rings is 7. The fraction of sp³-hybridized carbons (Fsp3) is 0.0426. The number of furan rings is 1. The normalized spacial score (nSPS) is 14.4. The highest BCUT2D eigenvalue weighted by Gasteiger charge is 2.22. The van der Waals surface area contributed by atoms with E-state index in [0.29, 0.717) is 11.6 Å². The Bertz CT molecular complexity index is 2840. The summed E-state index contributed by atoms with van der Waals surface area (Å²) in [6.07, 6.45) is 7.58. The lowest BCUT2D eigenvalue weighted by Gasteiger charge is -2.18. The fourth-order valence-electron chi connectivity index (χ4n) is 7.53. The number of hydrogen-bond donors (Lipinski definition) is 0. The zero-order valence-electron chi connectivity index (χ0n) is 27.7. The van der Waals surface area contributed by atoms with Gasteiger partial charge in [-0.05, 0) is 68.4 Å². The fourth-order valence-corrected chi connectivity index (χ4v) is 7.53. The third kappa shape index (κ3) is 5.12.